The van der Waals surface area contributed by atoms with Crippen molar-refractivity contribution >= 4 is 11.3 Å². The third-order valence-electron chi connectivity index (χ3n) is 6.00. The fraction of sp³-hybridized carbons (Fsp3) is 0.348. The molecule has 3 aromatic heterocycles. The molecule has 0 radical (unpaired) electrons. The van der Waals surface area contributed by atoms with Crippen molar-refractivity contribution in [1.82, 2.24) is 24.4 Å². The molecule has 1 aliphatic heterocycles. The number of hydrogen-bond acceptors (Lipinski definition) is 6. The maximum atomic E-state index is 13.6. The molecule has 1 aromatic carbocycles. The maximum absolute atomic E-state index is 13.6. The van der Waals surface area contributed by atoms with Crippen molar-refractivity contribution in [2.24, 2.45) is 0 Å². The molecule has 4 aromatic rings. The number of alkyl halides is 2. The van der Waals surface area contributed by atoms with Crippen molar-refractivity contribution in [1.29, 1.82) is 0 Å². The van der Waals surface area contributed by atoms with Crippen LogP contribution in [0.5, 0.6) is 0 Å². The smallest absolute Gasteiger partial charge is 0.261 e. The van der Waals surface area contributed by atoms with E-state index in [0.29, 0.717) is 24.8 Å². The average Bonchev–Trinajstić information content (AvgIpc) is 3.51. The summed E-state index contributed by atoms with van der Waals surface area (Å²) in [6, 6.07) is 11.4. The molecule has 1 atom stereocenters. The quantitative estimate of drug-likeness (QED) is 0.470. The summed E-state index contributed by atoms with van der Waals surface area (Å²) in [5.41, 5.74) is 4.78. The van der Waals surface area contributed by atoms with Gasteiger partial charge in [0.1, 0.15) is 5.65 Å². The molecule has 9 heteroatoms. The third-order valence-corrected chi connectivity index (χ3v) is 6.00. The van der Waals surface area contributed by atoms with Gasteiger partial charge >= 0.3 is 0 Å². The largest absolute Gasteiger partial charge is 0.379 e. The van der Waals surface area contributed by atoms with Crippen molar-refractivity contribution in [3.63, 3.8) is 0 Å². The Kier molecular flexibility index (Phi) is 5.13. The second-order valence-electron chi connectivity index (χ2n) is 8.27. The molecule has 32 heavy (non-hydrogen) atoms. The van der Waals surface area contributed by atoms with E-state index in [2.05, 4.69) is 20.4 Å². The summed E-state index contributed by atoms with van der Waals surface area (Å²) in [5, 5.41) is 7.56. The summed E-state index contributed by atoms with van der Waals surface area (Å²) >= 11 is 0. The van der Waals surface area contributed by atoms with Gasteiger partial charge in [-0.2, -0.15) is 4.98 Å². The van der Waals surface area contributed by atoms with Crippen LogP contribution >= 0.6 is 0 Å². The molecule has 0 unspecified atom stereocenters. The van der Waals surface area contributed by atoms with Gasteiger partial charge in [0, 0.05) is 30.4 Å². The lowest BCUT2D eigenvalue weighted by Crippen LogP contribution is -2.28. The van der Waals surface area contributed by atoms with Gasteiger partial charge in [0.25, 0.3) is 5.92 Å². The minimum absolute atomic E-state index is 0.141. The van der Waals surface area contributed by atoms with Crippen molar-refractivity contribution in [3.8, 4) is 11.4 Å². The topological polar surface area (TPSA) is 71.5 Å². The second-order valence-corrected chi connectivity index (χ2v) is 8.27. The Labute approximate surface area is 184 Å². The summed E-state index contributed by atoms with van der Waals surface area (Å²) in [4.78, 5) is 10.6. The number of anilines is 1. The number of pyridine rings is 1. The van der Waals surface area contributed by atoms with E-state index < -0.39 is 5.92 Å². The molecule has 4 heterocycles. The molecule has 5 rings (SSSR count). The number of aromatic nitrogens is 4. The van der Waals surface area contributed by atoms with Crippen LogP contribution < -0.4 is 5.32 Å². The van der Waals surface area contributed by atoms with Crippen molar-refractivity contribution in [2.45, 2.75) is 38.8 Å². The van der Waals surface area contributed by atoms with Gasteiger partial charge in [-0.1, -0.05) is 23.4 Å². The van der Waals surface area contributed by atoms with Crippen LogP contribution in [0.25, 0.3) is 17.0 Å². The number of nitrogens with one attached hydrogen (secondary N) is 1. The highest BCUT2D eigenvalue weighted by atomic mass is 19.3. The Morgan fingerprint density at radius 3 is 2.94 bits per heavy atom. The Morgan fingerprint density at radius 1 is 1.25 bits per heavy atom. The lowest BCUT2D eigenvalue weighted by atomic mass is 10.1. The highest BCUT2D eigenvalue weighted by molar-refractivity contribution is 5.65. The van der Waals surface area contributed by atoms with Gasteiger partial charge in [-0.25, -0.2) is 13.8 Å². The molecule has 1 aliphatic rings. The van der Waals surface area contributed by atoms with E-state index in [1.54, 1.807) is 4.90 Å². The van der Waals surface area contributed by atoms with Crippen molar-refractivity contribution in [3.05, 3.63) is 65.9 Å². The number of benzene rings is 1. The number of aryl methyl sites for hydroxylation is 1. The maximum Gasteiger partial charge on any atom is 0.261 e. The third kappa shape index (κ3) is 3.95. The van der Waals surface area contributed by atoms with Crippen LogP contribution in [-0.2, 0) is 6.54 Å². The predicted octanol–water partition coefficient (Wildman–Crippen LogP) is 4.71. The molecule has 1 N–H and O–H groups in total. The number of halogens is 2. The minimum Gasteiger partial charge on any atom is -0.379 e. The Balaban J connectivity index is 1.33. The van der Waals surface area contributed by atoms with Gasteiger partial charge in [0.05, 0.1) is 31.0 Å². The van der Waals surface area contributed by atoms with Crippen LogP contribution in [0.15, 0.2) is 53.3 Å². The first kappa shape index (κ1) is 20.6. The first-order valence-corrected chi connectivity index (χ1v) is 10.6. The first-order valence-electron chi connectivity index (χ1n) is 10.6. The van der Waals surface area contributed by atoms with E-state index in [0.717, 1.165) is 28.2 Å². The number of likely N-dealkylation sites (tertiary alicyclic amines) is 1. The zero-order valence-corrected chi connectivity index (χ0v) is 17.9. The van der Waals surface area contributed by atoms with Gasteiger partial charge in [0.2, 0.25) is 11.7 Å². The predicted molar refractivity (Wildman–Crippen MR) is 117 cm³/mol. The van der Waals surface area contributed by atoms with Crippen molar-refractivity contribution < 1.29 is 13.3 Å². The van der Waals surface area contributed by atoms with Crippen LogP contribution in [0.4, 0.5) is 14.5 Å². The zero-order chi connectivity index (χ0) is 22.3. The molecular weight excluding hydrogens is 414 g/mol. The van der Waals surface area contributed by atoms with Crippen LogP contribution in [-0.4, -0.2) is 43.4 Å². The standard InChI is InChI=1S/C23H24F2N6O/c1-15-6-7-17(11-19(15)26-12-18-13-27-20-5-3-4-9-31(18)20)21-28-22(32-29-21)16(2)30-10-8-23(24,25)14-30/h3-7,9,11,13,16,26H,8,10,12,14H2,1-2H3/t16-/m0/s1. The molecule has 7 nitrogen and oxygen atoms in total. The molecule has 0 saturated carbocycles. The highest BCUT2D eigenvalue weighted by Gasteiger charge is 2.41. The summed E-state index contributed by atoms with van der Waals surface area (Å²) in [7, 11) is 0. The fourth-order valence-corrected chi connectivity index (χ4v) is 4.02. The number of rotatable bonds is 6. The SMILES string of the molecule is Cc1ccc(-c2noc([C@H](C)N3CCC(F)(F)C3)n2)cc1NCc1cnc2ccccn12. The summed E-state index contributed by atoms with van der Waals surface area (Å²) < 4.78 is 34.6. The number of imidazole rings is 1. The normalized spacial score (nSPS) is 17.1. The Bertz CT molecular complexity index is 1250. The van der Waals surface area contributed by atoms with Crippen LogP contribution in [0.3, 0.4) is 0 Å². The highest BCUT2D eigenvalue weighted by Crippen LogP contribution is 2.33. The van der Waals surface area contributed by atoms with E-state index in [-0.39, 0.29) is 19.0 Å². The minimum atomic E-state index is -2.66. The zero-order valence-electron chi connectivity index (χ0n) is 17.9. The molecule has 0 amide bonds. The molecule has 1 saturated heterocycles. The van der Waals surface area contributed by atoms with E-state index in [1.165, 1.54) is 0 Å². The molecule has 0 bridgehead atoms. The summed E-state index contributed by atoms with van der Waals surface area (Å²) in [6.07, 6.45) is 3.70. The van der Waals surface area contributed by atoms with Gasteiger partial charge < -0.3 is 14.2 Å². The summed E-state index contributed by atoms with van der Waals surface area (Å²) in [5.74, 6) is -1.87. The Morgan fingerprint density at radius 2 is 2.12 bits per heavy atom. The van der Waals surface area contributed by atoms with E-state index >= 15 is 0 Å². The van der Waals surface area contributed by atoms with E-state index in [1.807, 2.05) is 67.0 Å². The van der Waals surface area contributed by atoms with E-state index in [4.69, 9.17) is 4.52 Å². The van der Waals surface area contributed by atoms with E-state index in [9.17, 15) is 8.78 Å². The van der Waals surface area contributed by atoms with Gasteiger partial charge in [-0.05, 0) is 37.6 Å². The lowest BCUT2D eigenvalue weighted by Gasteiger charge is -2.20. The monoisotopic (exact) mass is 438 g/mol. The number of nitrogens with zero attached hydrogens (tertiary/aromatic N) is 5. The number of fused-ring (bicyclic) bond motifs is 1. The Hall–Kier alpha value is -3.33. The van der Waals surface area contributed by atoms with Crippen LogP contribution in [0.1, 0.15) is 36.5 Å². The summed E-state index contributed by atoms with van der Waals surface area (Å²) in [6.45, 7) is 4.48. The molecule has 1 fully saturated rings. The molecule has 0 aliphatic carbocycles. The van der Waals surface area contributed by atoms with Crippen LogP contribution in [0.2, 0.25) is 0 Å². The second kappa shape index (κ2) is 7.98. The molecular formula is C23H24F2N6O. The van der Waals surface area contributed by atoms with Crippen molar-refractivity contribution in [2.75, 3.05) is 18.4 Å². The fourth-order valence-electron chi connectivity index (χ4n) is 4.02. The lowest BCUT2D eigenvalue weighted by molar-refractivity contribution is 0.00683. The number of hydrogen-bond donors (Lipinski definition) is 1. The van der Waals surface area contributed by atoms with Gasteiger partial charge in [-0.15, -0.1) is 0 Å². The van der Waals surface area contributed by atoms with Crippen LogP contribution in [0, 0.1) is 6.92 Å². The molecule has 166 valence electrons. The first-order chi connectivity index (χ1) is 15.4. The van der Waals surface area contributed by atoms with Gasteiger partial charge in [-0.3, -0.25) is 4.90 Å². The van der Waals surface area contributed by atoms with Gasteiger partial charge in [0.15, 0.2) is 0 Å². The molecule has 0 spiro atoms. The average molecular weight is 438 g/mol.